The summed E-state index contributed by atoms with van der Waals surface area (Å²) in [5.41, 5.74) is 2.06. The number of benzene rings is 2. The van der Waals surface area contributed by atoms with Crippen molar-refractivity contribution in [1.29, 1.82) is 0 Å². The minimum absolute atomic E-state index is 0. The van der Waals surface area contributed by atoms with Crippen molar-refractivity contribution in [2.75, 3.05) is 0 Å². The molecule has 8 N–H and O–H groups in total. The molecule has 0 aromatic heterocycles. The zero-order chi connectivity index (χ0) is 17.1. The Morgan fingerprint density at radius 3 is 1.48 bits per heavy atom. The number of carbonyl (C=O) groups excluding carboxylic acids is 2. The van der Waals surface area contributed by atoms with Gasteiger partial charge in [0.05, 0.1) is 10.0 Å². The van der Waals surface area contributed by atoms with E-state index >= 15 is 0 Å². The van der Waals surface area contributed by atoms with Gasteiger partial charge in [-0.15, -0.1) is 0 Å². The number of carboxylic acids is 2. The van der Waals surface area contributed by atoms with E-state index in [1.807, 2.05) is 42.5 Å². The third kappa shape index (κ3) is 20.7. The molecule has 0 spiro atoms. The number of hydrogen-bond acceptors (Lipinski definition) is 4. The van der Waals surface area contributed by atoms with Crippen LogP contribution in [0.15, 0.2) is 48.5 Å². The molecule has 11 heteroatoms. The van der Waals surface area contributed by atoms with Crippen LogP contribution >= 0.6 is 23.2 Å². The molecule has 0 unspecified atom stereocenters. The van der Waals surface area contributed by atoms with Gasteiger partial charge in [-0.25, -0.2) is 0 Å². The first-order valence-electron chi connectivity index (χ1n) is 6.10. The van der Waals surface area contributed by atoms with Crippen molar-refractivity contribution in [3.8, 4) is 11.1 Å². The Balaban J connectivity index is -0.0000000743. The second-order valence-corrected chi connectivity index (χ2v) is 4.74. The molecule has 0 aliphatic heterocycles. The van der Waals surface area contributed by atoms with Gasteiger partial charge in [0.15, 0.2) is 0 Å². The fraction of sp³-hybridized carbons (Fsp3) is 0.125. The first-order chi connectivity index (χ1) is 10.3. The summed E-state index contributed by atoms with van der Waals surface area (Å²) in [5.74, 6) is -2.17. The minimum atomic E-state index is -1.08. The summed E-state index contributed by atoms with van der Waals surface area (Å²) in [5, 5.41) is 19.0. The van der Waals surface area contributed by atoms with Crippen LogP contribution in [0.3, 0.4) is 0 Å². The van der Waals surface area contributed by atoms with Gasteiger partial charge in [-0.2, -0.15) is 0 Å². The smallest absolute Gasteiger partial charge is 0.550 e. The van der Waals surface area contributed by atoms with E-state index in [1.54, 1.807) is 6.07 Å². The fourth-order valence-electron chi connectivity index (χ4n) is 1.34. The van der Waals surface area contributed by atoms with Crippen LogP contribution in [0.1, 0.15) is 13.8 Å². The van der Waals surface area contributed by atoms with E-state index in [1.165, 1.54) is 0 Å². The molecule has 0 saturated heterocycles. The first kappa shape index (κ1) is 40.3. The first-order valence-corrected chi connectivity index (χ1v) is 6.86. The number of aliphatic carboxylic acids is 2. The van der Waals surface area contributed by atoms with Crippen molar-refractivity contribution < 1.29 is 41.7 Å². The molecule has 8 nitrogen and oxygen atoms in total. The van der Waals surface area contributed by atoms with Gasteiger partial charge in [-0.3, -0.25) is 0 Å². The molecule has 0 heterocycles. The molecular formula is C16H22Cl2MgO8. The van der Waals surface area contributed by atoms with Crippen molar-refractivity contribution >= 4 is 58.2 Å². The van der Waals surface area contributed by atoms with Crippen LogP contribution in [-0.4, -0.2) is 56.9 Å². The Labute approximate surface area is 183 Å². The monoisotopic (exact) mass is 436 g/mol. The molecule has 0 amide bonds. The zero-order valence-corrected chi connectivity index (χ0v) is 17.6. The fourth-order valence-corrected chi connectivity index (χ4v) is 1.75. The average molecular weight is 438 g/mol. The minimum Gasteiger partial charge on any atom is -0.550 e. The summed E-state index contributed by atoms with van der Waals surface area (Å²) in [4.78, 5) is 17.8. The Kier molecular flexibility index (Phi) is 33.7. The predicted octanol–water partition coefficient (Wildman–Crippen LogP) is -1.51. The molecule has 150 valence electrons. The summed E-state index contributed by atoms with van der Waals surface area (Å²) >= 11 is 12.0. The third-order valence-corrected chi connectivity index (χ3v) is 2.86. The summed E-state index contributed by atoms with van der Waals surface area (Å²) < 4.78 is 0. The Bertz CT molecular complexity index is 607. The van der Waals surface area contributed by atoms with Gasteiger partial charge in [0.2, 0.25) is 0 Å². The zero-order valence-electron chi connectivity index (χ0n) is 14.7. The van der Waals surface area contributed by atoms with Crippen LogP contribution in [0, 0.1) is 0 Å². The van der Waals surface area contributed by atoms with Crippen LogP contribution in [0.25, 0.3) is 11.1 Å². The average Bonchev–Trinajstić information content (AvgIpc) is 2.42. The largest absolute Gasteiger partial charge is 2.00 e. The maximum atomic E-state index is 8.89. The van der Waals surface area contributed by atoms with Crippen LogP contribution < -0.4 is 10.2 Å². The van der Waals surface area contributed by atoms with Crippen molar-refractivity contribution in [1.82, 2.24) is 0 Å². The van der Waals surface area contributed by atoms with E-state index in [-0.39, 0.29) is 45.0 Å². The second kappa shape index (κ2) is 22.6. The van der Waals surface area contributed by atoms with Crippen molar-refractivity contribution in [3.05, 3.63) is 58.6 Å². The third-order valence-electron chi connectivity index (χ3n) is 2.04. The van der Waals surface area contributed by atoms with Gasteiger partial charge in [0, 0.05) is 17.5 Å². The van der Waals surface area contributed by atoms with E-state index in [2.05, 4.69) is 0 Å². The van der Waals surface area contributed by atoms with Crippen LogP contribution in [0.4, 0.5) is 0 Å². The molecule has 2 aromatic rings. The quantitative estimate of drug-likeness (QED) is 0.487. The molecule has 0 bridgehead atoms. The van der Waals surface area contributed by atoms with Gasteiger partial charge in [0.25, 0.3) is 0 Å². The maximum Gasteiger partial charge on any atom is 2.00 e. The molecule has 27 heavy (non-hydrogen) atoms. The second-order valence-electron chi connectivity index (χ2n) is 3.95. The molecular weight excluding hydrogens is 415 g/mol. The van der Waals surface area contributed by atoms with Gasteiger partial charge < -0.3 is 41.7 Å². The Morgan fingerprint density at radius 2 is 1.11 bits per heavy atom. The summed E-state index contributed by atoms with van der Waals surface area (Å²) in [7, 11) is 0. The number of carbonyl (C=O) groups is 2. The van der Waals surface area contributed by atoms with Crippen LogP contribution in [0.2, 0.25) is 10.0 Å². The van der Waals surface area contributed by atoms with E-state index in [9.17, 15) is 0 Å². The van der Waals surface area contributed by atoms with Crippen LogP contribution in [0.5, 0.6) is 0 Å². The number of halogens is 2. The van der Waals surface area contributed by atoms with Gasteiger partial charge in [-0.05, 0) is 25.5 Å². The molecule has 2 rings (SSSR count). The molecule has 0 aliphatic carbocycles. The molecule has 0 fully saturated rings. The maximum absolute atomic E-state index is 8.89. The Hall–Kier alpha value is -1.43. The van der Waals surface area contributed by atoms with Crippen molar-refractivity contribution in [3.63, 3.8) is 0 Å². The molecule has 0 aliphatic rings. The number of hydrogen-bond donors (Lipinski definition) is 0. The molecule has 0 radical (unpaired) electrons. The van der Waals surface area contributed by atoms with Crippen molar-refractivity contribution in [2.45, 2.75) is 13.8 Å². The van der Waals surface area contributed by atoms with Gasteiger partial charge in [0.1, 0.15) is 0 Å². The summed E-state index contributed by atoms with van der Waals surface area (Å²) in [6.45, 7) is 1.94. The van der Waals surface area contributed by atoms with E-state index < -0.39 is 11.9 Å². The van der Waals surface area contributed by atoms with Gasteiger partial charge >= 0.3 is 23.1 Å². The van der Waals surface area contributed by atoms with Crippen LogP contribution in [-0.2, 0) is 9.59 Å². The Morgan fingerprint density at radius 1 is 0.741 bits per heavy atom. The normalized spacial score (nSPS) is 7.11. The SMILES string of the molecule is CC(=O)[O-].CC(=O)[O-].Clc1cccc(-c2ccccc2)c1Cl.O.O.O.O.[Mg+2]. The van der Waals surface area contributed by atoms with Gasteiger partial charge in [-0.1, -0.05) is 65.7 Å². The summed E-state index contributed by atoms with van der Waals surface area (Å²) in [6.07, 6.45) is 0. The van der Waals surface area contributed by atoms with E-state index in [4.69, 9.17) is 43.0 Å². The number of carboxylic acid groups (broad SMARTS) is 2. The predicted molar refractivity (Wildman–Crippen MR) is 103 cm³/mol. The topological polar surface area (TPSA) is 206 Å². The molecule has 2 aromatic carbocycles. The summed E-state index contributed by atoms with van der Waals surface area (Å²) in [6, 6.07) is 15.6. The molecule has 0 atom stereocenters. The standard InChI is InChI=1S/C12H8Cl2.2C2H4O2.Mg.4H2O/c13-11-8-4-7-10(12(11)14)9-5-2-1-3-6-9;2*1-2(3)4;;;;;/h1-8H;2*1H3,(H,3,4);;4*1H2/q;;;+2;;;;/p-2. The molecule has 0 saturated carbocycles. The van der Waals surface area contributed by atoms with Crippen molar-refractivity contribution in [2.24, 2.45) is 0 Å². The van der Waals surface area contributed by atoms with E-state index in [0.717, 1.165) is 25.0 Å². The number of rotatable bonds is 1. The van der Waals surface area contributed by atoms with E-state index in [0.29, 0.717) is 10.0 Å².